The average Bonchev–Trinajstić information content (AvgIpc) is 3.04. The van der Waals surface area contributed by atoms with E-state index in [1.807, 2.05) is 50.8 Å². The van der Waals surface area contributed by atoms with Crippen molar-refractivity contribution in [3.63, 3.8) is 0 Å². The topological polar surface area (TPSA) is 49.9 Å². The summed E-state index contributed by atoms with van der Waals surface area (Å²) in [5.74, 6) is 0. The summed E-state index contributed by atoms with van der Waals surface area (Å²) in [5, 5.41) is 0.990. The minimum Gasteiger partial charge on any atom is -0.444 e. The number of anilines is 1. The lowest BCUT2D eigenvalue weighted by atomic mass is 10.0. The Labute approximate surface area is 170 Å². The molecule has 0 bridgehead atoms. The van der Waals surface area contributed by atoms with Gasteiger partial charge in [-0.2, -0.15) is 0 Å². The van der Waals surface area contributed by atoms with Crippen LogP contribution in [0.1, 0.15) is 39.2 Å². The normalized spacial score (nSPS) is 15.4. The van der Waals surface area contributed by atoms with Crippen LogP contribution in [0, 0.1) is 6.92 Å². The molecular weight excluding hydrogens is 372 g/mol. The van der Waals surface area contributed by atoms with Gasteiger partial charge in [0.25, 0.3) is 0 Å². The summed E-state index contributed by atoms with van der Waals surface area (Å²) in [7, 11) is 0. The molecule has 3 rings (SSSR count). The summed E-state index contributed by atoms with van der Waals surface area (Å²) in [4.78, 5) is 28.9. The molecular formula is C22H28N2O3S. The first-order chi connectivity index (χ1) is 13.3. The zero-order valence-corrected chi connectivity index (χ0v) is 17.8. The van der Waals surface area contributed by atoms with Crippen LogP contribution in [-0.4, -0.2) is 42.1 Å². The SMILES string of the molecule is Cc1cc(-c2ccccc2)sc1N(C=O)C1CCN(C(=O)OC(C)(C)C)CC1. The number of carbonyl (C=O) groups is 2. The fraction of sp³-hybridized carbons (Fsp3) is 0.455. The lowest BCUT2D eigenvalue weighted by Gasteiger charge is -2.37. The van der Waals surface area contributed by atoms with Crippen molar-refractivity contribution in [2.45, 2.75) is 52.2 Å². The molecule has 6 heteroatoms. The largest absolute Gasteiger partial charge is 0.444 e. The quantitative estimate of drug-likeness (QED) is 0.672. The Balaban J connectivity index is 1.69. The van der Waals surface area contributed by atoms with Gasteiger partial charge in [0.05, 0.1) is 0 Å². The van der Waals surface area contributed by atoms with E-state index >= 15 is 0 Å². The van der Waals surface area contributed by atoms with Gasteiger partial charge in [-0.25, -0.2) is 4.79 Å². The molecule has 1 aliphatic rings. The lowest BCUT2D eigenvalue weighted by molar-refractivity contribution is -0.108. The van der Waals surface area contributed by atoms with E-state index in [2.05, 4.69) is 18.2 Å². The zero-order valence-electron chi connectivity index (χ0n) is 17.0. The van der Waals surface area contributed by atoms with Crippen LogP contribution in [0.2, 0.25) is 0 Å². The summed E-state index contributed by atoms with van der Waals surface area (Å²) in [5.41, 5.74) is 1.77. The number of amides is 2. The molecule has 0 unspecified atom stereocenters. The smallest absolute Gasteiger partial charge is 0.410 e. The Morgan fingerprint density at radius 1 is 1.21 bits per heavy atom. The molecule has 150 valence electrons. The molecule has 0 radical (unpaired) electrons. The van der Waals surface area contributed by atoms with Crippen molar-refractivity contribution in [3.05, 3.63) is 42.0 Å². The predicted molar refractivity (Wildman–Crippen MR) is 114 cm³/mol. The van der Waals surface area contributed by atoms with Crippen molar-refractivity contribution in [1.29, 1.82) is 0 Å². The first-order valence-corrected chi connectivity index (χ1v) is 10.5. The minimum absolute atomic E-state index is 0.0946. The second kappa shape index (κ2) is 8.35. The number of hydrogen-bond donors (Lipinski definition) is 0. The van der Waals surface area contributed by atoms with Crippen LogP contribution in [0.25, 0.3) is 10.4 Å². The molecule has 0 spiro atoms. The van der Waals surface area contributed by atoms with E-state index in [4.69, 9.17) is 4.74 Å². The van der Waals surface area contributed by atoms with Gasteiger partial charge in [-0.3, -0.25) is 4.79 Å². The van der Waals surface area contributed by atoms with Gasteiger partial charge in [0.2, 0.25) is 6.41 Å². The van der Waals surface area contributed by atoms with Crippen molar-refractivity contribution in [1.82, 2.24) is 4.90 Å². The van der Waals surface area contributed by atoms with Crippen LogP contribution in [0.3, 0.4) is 0 Å². The van der Waals surface area contributed by atoms with Crippen LogP contribution in [0.5, 0.6) is 0 Å². The molecule has 1 saturated heterocycles. The summed E-state index contributed by atoms with van der Waals surface area (Å²) in [6.07, 6.45) is 2.15. The Morgan fingerprint density at radius 2 is 1.86 bits per heavy atom. The fourth-order valence-corrected chi connectivity index (χ4v) is 4.64. The molecule has 1 aliphatic heterocycles. The van der Waals surface area contributed by atoms with E-state index in [9.17, 15) is 9.59 Å². The maximum absolute atomic E-state index is 12.3. The standard InChI is InChI=1S/C22H28N2O3S/c1-16-14-19(17-8-6-5-7-9-17)28-20(16)24(15-25)18-10-12-23(13-11-18)21(26)27-22(2,3)4/h5-9,14-15,18H,10-13H2,1-4H3. The third-order valence-corrected chi connectivity index (χ3v) is 6.11. The van der Waals surface area contributed by atoms with Crippen molar-refractivity contribution in [3.8, 4) is 10.4 Å². The summed E-state index contributed by atoms with van der Waals surface area (Å²) < 4.78 is 5.46. The molecule has 0 atom stereocenters. The number of thiophene rings is 1. The number of aryl methyl sites for hydroxylation is 1. The first kappa shape index (κ1) is 20.4. The molecule has 2 heterocycles. The number of carbonyl (C=O) groups excluding carboxylic acids is 2. The second-order valence-corrected chi connectivity index (χ2v) is 9.21. The van der Waals surface area contributed by atoms with E-state index in [1.165, 1.54) is 0 Å². The van der Waals surface area contributed by atoms with Gasteiger partial charge in [-0.15, -0.1) is 11.3 Å². The van der Waals surface area contributed by atoms with Crippen molar-refractivity contribution in [2.75, 3.05) is 18.0 Å². The van der Waals surface area contributed by atoms with Crippen LogP contribution in [-0.2, 0) is 9.53 Å². The highest BCUT2D eigenvalue weighted by Gasteiger charge is 2.30. The molecule has 1 aromatic carbocycles. The Hall–Kier alpha value is -2.34. The van der Waals surface area contributed by atoms with E-state index < -0.39 is 5.60 Å². The summed E-state index contributed by atoms with van der Waals surface area (Å²) >= 11 is 1.64. The summed E-state index contributed by atoms with van der Waals surface area (Å²) in [6, 6.07) is 12.4. The number of ether oxygens (including phenoxy) is 1. The van der Waals surface area contributed by atoms with Gasteiger partial charge in [0.15, 0.2) is 0 Å². The number of benzene rings is 1. The van der Waals surface area contributed by atoms with Gasteiger partial charge < -0.3 is 14.5 Å². The third kappa shape index (κ3) is 4.73. The molecule has 1 fully saturated rings. The molecule has 0 N–H and O–H groups in total. The predicted octanol–water partition coefficient (Wildman–Crippen LogP) is 5.09. The lowest BCUT2D eigenvalue weighted by Crippen LogP contribution is -2.47. The Kier molecular flexibility index (Phi) is 6.08. The molecule has 5 nitrogen and oxygen atoms in total. The molecule has 1 aromatic heterocycles. The second-order valence-electron chi connectivity index (χ2n) is 8.18. The number of hydrogen-bond acceptors (Lipinski definition) is 4. The molecule has 28 heavy (non-hydrogen) atoms. The monoisotopic (exact) mass is 400 g/mol. The van der Waals surface area contributed by atoms with Crippen molar-refractivity contribution >= 4 is 28.8 Å². The van der Waals surface area contributed by atoms with Crippen LogP contribution in [0.15, 0.2) is 36.4 Å². The van der Waals surface area contributed by atoms with Crippen molar-refractivity contribution < 1.29 is 14.3 Å². The average molecular weight is 401 g/mol. The van der Waals surface area contributed by atoms with E-state index in [1.54, 1.807) is 16.2 Å². The van der Waals surface area contributed by atoms with Gasteiger partial charge >= 0.3 is 6.09 Å². The van der Waals surface area contributed by atoms with Gasteiger partial charge in [-0.05, 0) is 57.7 Å². The van der Waals surface area contributed by atoms with E-state index in [0.717, 1.165) is 40.3 Å². The van der Waals surface area contributed by atoms with Crippen LogP contribution >= 0.6 is 11.3 Å². The van der Waals surface area contributed by atoms with E-state index in [-0.39, 0.29) is 12.1 Å². The number of nitrogens with zero attached hydrogens (tertiary/aromatic N) is 2. The minimum atomic E-state index is -0.495. The zero-order chi connectivity index (χ0) is 20.3. The third-order valence-electron chi connectivity index (χ3n) is 4.81. The van der Waals surface area contributed by atoms with E-state index in [0.29, 0.717) is 13.1 Å². The maximum atomic E-state index is 12.3. The van der Waals surface area contributed by atoms with Crippen LogP contribution in [0.4, 0.5) is 9.80 Å². The van der Waals surface area contributed by atoms with Gasteiger partial charge in [0.1, 0.15) is 10.6 Å². The van der Waals surface area contributed by atoms with Gasteiger partial charge in [-0.1, -0.05) is 30.3 Å². The summed E-state index contributed by atoms with van der Waals surface area (Å²) in [6.45, 7) is 8.85. The maximum Gasteiger partial charge on any atom is 0.410 e. The number of rotatable bonds is 4. The fourth-order valence-electron chi connectivity index (χ4n) is 3.43. The van der Waals surface area contributed by atoms with Crippen molar-refractivity contribution in [2.24, 2.45) is 0 Å². The highest BCUT2D eigenvalue weighted by Crippen LogP contribution is 2.38. The number of likely N-dealkylation sites (tertiary alicyclic amines) is 1. The highest BCUT2D eigenvalue weighted by atomic mass is 32.1. The highest BCUT2D eigenvalue weighted by molar-refractivity contribution is 7.19. The first-order valence-electron chi connectivity index (χ1n) is 9.66. The molecule has 2 amide bonds. The molecule has 2 aromatic rings. The Morgan fingerprint density at radius 3 is 2.43 bits per heavy atom. The van der Waals surface area contributed by atoms with Gasteiger partial charge in [0, 0.05) is 24.0 Å². The number of piperidine rings is 1. The molecule has 0 aliphatic carbocycles. The van der Waals surface area contributed by atoms with Crippen LogP contribution < -0.4 is 4.90 Å². The Bertz CT molecular complexity index is 818. The molecule has 0 saturated carbocycles.